The molecular formula is C15H22N2O2S. The molecule has 1 rings (SSSR count). The lowest BCUT2D eigenvalue weighted by Gasteiger charge is -2.34. The first-order valence-electron chi connectivity index (χ1n) is 6.56. The van der Waals surface area contributed by atoms with E-state index in [1.165, 1.54) is 0 Å². The predicted molar refractivity (Wildman–Crippen MR) is 84.0 cm³/mol. The molecule has 0 fully saturated rings. The lowest BCUT2D eigenvalue weighted by atomic mass is 10.1. The summed E-state index contributed by atoms with van der Waals surface area (Å²) in [7, 11) is 0. The Morgan fingerprint density at radius 3 is 2.45 bits per heavy atom. The van der Waals surface area contributed by atoms with Crippen LogP contribution in [-0.2, 0) is 9.59 Å². The number of carbonyl (C=O) groups excluding carboxylic acids is 2. The average molecular weight is 294 g/mol. The zero-order chi connectivity index (χ0) is 15.3. The number of likely N-dealkylation sites (N-methyl/N-ethyl adjacent to an activating group) is 1. The quantitative estimate of drug-likeness (QED) is 0.688. The van der Waals surface area contributed by atoms with Crippen LogP contribution >= 0.6 is 11.8 Å². The molecule has 0 aromatic heterocycles. The van der Waals surface area contributed by atoms with Gasteiger partial charge in [0, 0.05) is 22.7 Å². The summed E-state index contributed by atoms with van der Waals surface area (Å²) in [5.74, 6) is -1.10. The molecule has 0 bridgehead atoms. The fourth-order valence-electron chi connectivity index (χ4n) is 1.93. The summed E-state index contributed by atoms with van der Waals surface area (Å²) in [5, 5.41) is 2.66. The van der Waals surface area contributed by atoms with Gasteiger partial charge in [0.05, 0.1) is 0 Å². The van der Waals surface area contributed by atoms with Gasteiger partial charge in [-0.1, -0.05) is 6.07 Å². The average Bonchev–Trinajstić information content (AvgIpc) is 2.37. The van der Waals surface area contributed by atoms with Crippen molar-refractivity contribution in [1.29, 1.82) is 0 Å². The molecule has 0 spiro atoms. The van der Waals surface area contributed by atoms with Crippen LogP contribution in [0.15, 0.2) is 29.2 Å². The Morgan fingerprint density at radius 1 is 1.30 bits per heavy atom. The van der Waals surface area contributed by atoms with Crippen LogP contribution in [-0.4, -0.2) is 35.1 Å². The Hall–Kier alpha value is -1.49. The van der Waals surface area contributed by atoms with Crippen molar-refractivity contribution in [2.45, 2.75) is 38.1 Å². The first-order valence-corrected chi connectivity index (χ1v) is 7.79. The fourth-order valence-corrected chi connectivity index (χ4v) is 2.39. The highest BCUT2D eigenvalue weighted by molar-refractivity contribution is 7.98. The van der Waals surface area contributed by atoms with Crippen molar-refractivity contribution in [2.24, 2.45) is 0 Å². The van der Waals surface area contributed by atoms with Gasteiger partial charge in [0.1, 0.15) is 0 Å². The number of benzene rings is 1. The zero-order valence-electron chi connectivity index (χ0n) is 12.7. The summed E-state index contributed by atoms with van der Waals surface area (Å²) in [5.41, 5.74) is 0.268. The third-order valence-electron chi connectivity index (χ3n) is 2.89. The monoisotopic (exact) mass is 294 g/mol. The molecular weight excluding hydrogens is 272 g/mol. The van der Waals surface area contributed by atoms with Crippen LogP contribution in [0.2, 0.25) is 0 Å². The van der Waals surface area contributed by atoms with Crippen molar-refractivity contribution in [2.75, 3.05) is 18.1 Å². The van der Waals surface area contributed by atoms with Gasteiger partial charge >= 0.3 is 11.8 Å². The molecule has 0 heterocycles. The van der Waals surface area contributed by atoms with Crippen molar-refractivity contribution in [3.63, 3.8) is 0 Å². The van der Waals surface area contributed by atoms with Crippen LogP contribution in [0.3, 0.4) is 0 Å². The Bertz CT molecular complexity index is 495. The minimum absolute atomic E-state index is 0.371. The summed E-state index contributed by atoms with van der Waals surface area (Å²) in [4.78, 5) is 26.8. The SMILES string of the molecule is CCN(C(=O)C(=O)Nc1cccc(SC)c1)C(C)(C)C. The van der Waals surface area contributed by atoms with Gasteiger partial charge in [-0.2, -0.15) is 0 Å². The molecule has 0 saturated heterocycles. The van der Waals surface area contributed by atoms with Gasteiger partial charge in [-0.15, -0.1) is 11.8 Å². The third kappa shape index (κ3) is 4.27. The highest BCUT2D eigenvalue weighted by Gasteiger charge is 2.29. The molecule has 5 heteroatoms. The van der Waals surface area contributed by atoms with E-state index in [0.29, 0.717) is 12.2 Å². The van der Waals surface area contributed by atoms with Crippen molar-refractivity contribution in [3.8, 4) is 0 Å². The lowest BCUT2D eigenvalue weighted by molar-refractivity contribution is -0.146. The highest BCUT2D eigenvalue weighted by atomic mass is 32.2. The van der Waals surface area contributed by atoms with Gasteiger partial charge in [-0.3, -0.25) is 9.59 Å². The summed E-state index contributed by atoms with van der Waals surface area (Å²) < 4.78 is 0. The molecule has 0 aliphatic heterocycles. The van der Waals surface area contributed by atoms with E-state index in [9.17, 15) is 9.59 Å². The molecule has 1 aromatic rings. The molecule has 0 aliphatic rings. The molecule has 110 valence electrons. The van der Waals surface area contributed by atoms with Crippen molar-refractivity contribution >= 4 is 29.3 Å². The number of carbonyl (C=O) groups is 2. The van der Waals surface area contributed by atoms with E-state index in [2.05, 4.69) is 5.32 Å². The summed E-state index contributed by atoms with van der Waals surface area (Å²) in [6.07, 6.45) is 1.96. The maximum absolute atomic E-state index is 12.2. The Kier molecular flexibility index (Phi) is 5.62. The molecule has 2 amide bonds. The maximum atomic E-state index is 12.2. The molecule has 1 aromatic carbocycles. The van der Waals surface area contributed by atoms with Crippen molar-refractivity contribution in [1.82, 2.24) is 4.90 Å². The number of nitrogens with zero attached hydrogens (tertiary/aromatic N) is 1. The van der Waals surface area contributed by atoms with Crippen LogP contribution in [0.4, 0.5) is 5.69 Å². The van der Waals surface area contributed by atoms with E-state index in [1.54, 1.807) is 22.7 Å². The Labute approximate surface area is 124 Å². The number of nitrogens with one attached hydrogen (secondary N) is 1. The van der Waals surface area contributed by atoms with Crippen molar-refractivity contribution in [3.05, 3.63) is 24.3 Å². The van der Waals surface area contributed by atoms with E-state index < -0.39 is 11.8 Å². The normalized spacial score (nSPS) is 11.1. The summed E-state index contributed by atoms with van der Waals surface area (Å²) >= 11 is 1.59. The molecule has 0 atom stereocenters. The first-order chi connectivity index (χ1) is 9.29. The summed E-state index contributed by atoms with van der Waals surface area (Å²) in [6.45, 7) is 8.10. The lowest BCUT2D eigenvalue weighted by Crippen LogP contribution is -2.49. The predicted octanol–water partition coefficient (Wildman–Crippen LogP) is 2.99. The van der Waals surface area contributed by atoms with Gasteiger partial charge < -0.3 is 10.2 Å². The molecule has 0 saturated carbocycles. The number of amides is 2. The topological polar surface area (TPSA) is 49.4 Å². The van der Waals surface area contributed by atoms with Crippen molar-refractivity contribution < 1.29 is 9.59 Å². The smallest absolute Gasteiger partial charge is 0.313 e. The molecule has 0 aliphatic carbocycles. The molecule has 0 radical (unpaired) electrons. The van der Waals surface area contributed by atoms with E-state index >= 15 is 0 Å². The molecule has 20 heavy (non-hydrogen) atoms. The Balaban J connectivity index is 2.82. The van der Waals surface area contributed by atoms with Gasteiger partial charge in [-0.05, 0) is 52.1 Å². The number of thioether (sulfide) groups is 1. The number of anilines is 1. The zero-order valence-corrected chi connectivity index (χ0v) is 13.5. The van der Waals surface area contributed by atoms with Crippen LogP contribution in [0.5, 0.6) is 0 Å². The second kappa shape index (κ2) is 6.79. The van der Waals surface area contributed by atoms with Crippen LogP contribution in [0, 0.1) is 0 Å². The second-order valence-electron chi connectivity index (χ2n) is 5.41. The van der Waals surface area contributed by atoms with Gasteiger partial charge in [-0.25, -0.2) is 0 Å². The fraction of sp³-hybridized carbons (Fsp3) is 0.467. The van der Waals surface area contributed by atoms with E-state index in [0.717, 1.165) is 4.90 Å². The molecule has 1 N–H and O–H groups in total. The third-order valence-corrected chi connectivity index (χ3v) is 3.62. The highest BCUT2D eigenvalue weighted by Crippen LogP contribution is 2.19. The molecule has 4 nitrogen and oxygen atoms in total. The van der Waals surface area contributed by atoms with Crippen LogP contribution in [0.25, 0.3) is 0 Å². The van der Waals surface area contributed by atoms with Gasteiger partial charge in [0.25, 0.3) is 0 Å². The molecule has 0 unspecified atom stereocenters. The largest absolute Gasteiger partial charge is 0.330 e. The summed E-state index contributed by atoms with van der Waals surface area (Å²) in [6, 6.07) is 7.43. The second-order valence-corrected chi connectivity index (χ2v) is 6.29. The van der Waals surface area contributed by atoms with Gasteiger partial charge in [0.15, 0.2) is 0 Å². The first kappa shape index (κ1) is 16.6. The maximum Gasteiger partial charge on any atom is 0.313 e. The number of rotatable bonds is 3. The van der Waals surface area contributed by atoms with E-state index in [1.807, 2.05) is 52.1 Å². The standard InChI is InChI=1S/C15H22N2O2S/c1-6-17(15(2,3)4)14(19)13(18)16-11-8-7-9-12(10-11)20-5/h7-10H,6H2,1-5H3,(H,16,18). The van der Waals surface area contributed by atoms with Gasteiger partial charge in [0.2, 0.25) is 0 Å². The minimum Gasteiger partial charge on any atom is -0.330 e. The number of hydrogen-bond donors (Lipinski definition) is 1. The van der Waals surface area contributed by atoms with E-state index in [-0.39, 0.29) is 5.54 Å². The van der Waals surface area contributed by atoms with E-state index in [4.69, 9.17) is 0 Å². The minimum atomic E-state index is -0.597. The Morgan fingerprint density at radius 2 is 1.95 bits per heavy atom. The van der Waals surface area contributed by atoms with Crippen LogP contribution < -0.4 is 5.32 Å². The number of hydrogen-bond acceptors (Lipinski definition) is 3. The van der Waals surface area contributed by atoms with Crippen LogP contribution in [0.1, 0.15) is 27.7 Å².